The van der Waals surface area contributed by atoms with E-state index in [0.29, 0.717) is 17.5 Å². The molecule has 0 fully saturated rings. The minimum absolute atomic E-state index is 0. The highest BCUT2D eigenvalue weighted by Gasteiger charge is 2.00. The van der Waals surface area contributed by atoms with Crippen LogP contribution < -0.4 is 11.1 Å². The Kier molecular flexibility index (Phi) is 9.85. The lowest BCUT2D eigenvalue weighted by Gasteiger charge is -2.05. The van der Waals surface area contributed by atoms with Gasteiger partial charge in [0.05, 0.1) is 6.54 Å². The second kappa shape index (κ2) is 9.86. The first-order chi connectivity index (χ1) is 8.13. The highest BCUT2D eigenvalue weighted by atomic mass is 127. The van der Waals surface area contributed by atoms with Crippen molar-refractivity contribution in [1.29, 1.82) is 0 Å². The summed E-state index contributed by atoms with van der Waals surface area (Å²) in [5.74, 6) is 0.470. The van der Waals surface area contributed by atoms with Gasteiger partial charge >= 0.3 is 0 Å². The molecule has 102 valence electrons. The van der Waals surface area contributed by atoms with Gasteiger partial charge in [0.15, 0.2) is 5.96 Å². The van der Waals surface area contributed by atoms with Crippen LogP contribution in [0.2, 0.25) is 5.02 Å². The summed E-state index contributed by atoms with van der Waals surface area (Å²) in [6.45, 7) is 3.49. The van der Waals surface area contributed by atoms with Crippen molar-refractivity contribution in [1.82, 2.24) is 5.32 Å². The quantitative estimate of drug-likeness (QED) is 0.312. The number of nitrogens with one attached hydrogen (secondary N) is 1. The first kappa shape index (κ1) is 18.0. The van der Waals surface area contributed by atoms with E-state index in [1.54, 1.807) is 0 Å². The summed E-state index contributed by atoms with van der Waals surface area (Å²) in [6, 6.07) is 5.74. The summed E-state index contributed by atoms with van der Waals surface area (Å²) in [4.78, 5) is 4.24. The van der Waals surface area contributed by atoms with Crippen LogP contribution in [0, 0.1) is 0 Å². The van der Waals surface area contributed by atoms with E-state index in [2.05, 4.69) is 33.2 Å². The predicted octanol–water partition coefficient (Wildman–Crippen LogP) is 3.92. The van der Waals surface area contributed by atoms with Gasteiger partial charge < -0.3 is 11.1 Å². The third kappa shape index (κ3) is 6.80. The summed E-state index contributed by atoms with van der Waals surface area (Å²) in [6.07, 6.45) is 2.23. The number of hydrogen-bond acceptors (Lipinski definition) is 1. The van der Waals surface area contributed by atoms with E-state index < -0.39 is 0 Å². The van der Waals surface area contributed by atoms with Crippen molar-refractivity contribution in [2.24, 2.45) is 10.7 Å². The Morgan fingerprint density at radius 3 is 2.83 bits per heavy atom. The number of hydrogen-bond donors (Lipinski definition) is 2. The van der Waals surface area contributed by atoms with Crippen molar-refractivity contribution in [2.75, 3.05) is 6.54 Å². The van der Waals surface area contributed by atoms with Crippen LogP contribution in [0.25, 0.3) is 0 Å². The summed E-state index contributed by atoms with van der Waals surface area (Å²) in [7, 11) is 0. The van der Waals surface area contributed by atoms with Gasteiger partial charge in [-0.2, -0.15) is 0 Å². The van der Waals surface area contributed by atoms with Crippen LogP contribution in [0.4, 0.5) is 0 Å². The number of rotatable bonds is 5. The molecule has 0 radical (unpaired) electrons. The van der Waals surface area contributed by atoms with Gasteiger partial charge in [0.1, 0.15) is 0 Å². The Morgan fingerprint density at radius 1 is 1.50 bits per heavy atom. The van der Waals surface area contributed by atoms with Gasteiger partial charge in [0, 0.05) is 16.0 Å². The standard InChI is InChI=1S/C12H17BrClN3.HI/c1-2-3-6-16-12(15)17-8-9-4-5-10(13)7-11(9)14;/h4-5,7H,2-3,6,8H2,1H3,(H3,15,16,17);1H. The van der Waals surface area contributed by atoms with Crippen molar-refractivity contribution in [2.45, 2.75) is 26.3 Å². The minimum Gasteiger partial charge on any atom is -0.370 e. The van der Waals surface area contributed by atoms with Crippen molar-refractivity contribution in [3.8, 4) is 0 Å². The van der Waals surface area contributed by atoms with E-state index in [9.17, 15) is 0 Å². The zero-order valence-corrected chi connectivity index (χ0v) is 14.9. The minimum atomic E-state index is 0. The fraction of sp³-hybridized carbons (Fsp3) is 0.417. The predicted molar refractivity (Wildman–Crippen MR) is 92.8 cm³/mol. The van der Waals surface area contributed by atoms with Crippen molar-refractivity contribution in [3.63, 3.8) is 0 Å². The van der Waals surface area contributed by atoms with E-state index >= 15 is 0 Å². The van der Waals surface area contributed by atoms with Gasteiger partial charge in [-0.25, -0.2) is 4.99 Å². The Bertz CT molecular complexity index is 399. The van der Waals surface area contributed by atoms with Crippen molar-refractivity contribution < 1.29 is 0 Å². The van der Waals surface area contributed by atoms with Gasteiger partial charge in [0.2, 0.25) is 0 Å². The van der Waals surface area contributed by atoms with E-state index in [1.807, 2.05) is 18.2 Å². The zero-order chi connectivity index (χ0) is 12.7. The lowest BCUT2D eigenvalue weighted by atomic mass is 10.2. The summed E-state index contributed by atoms with van der Waals surface area (Å²) < 4.78 is 0.962. The molecule has 0 spiro atoms. The second-order valence-electron chi connectivity index (χ2n) is 3.72. The average Bonchev–Trinajstić information content (AvgIpc) is 2.28. The van der Waals surface area contributed by atoms with Crippen LogP contribution in [0.3, 0.4) is 0 Å². The van der Waals surface area contributed by atoms with Gasteiger partial charge in [-0.3, -0.25) is 0 Å². The topological polar surface area (TPSA) is 50.4 Å². The van der Waals surface area contributed by atoms with Crippen molar-refractivity contribution in [3.05, 3.63) is 33.3 Å². The molecule has 0 atom stereocenters. The van der Waals surface area contributed by atoms with Gasteiger partial charge in [-0.15, -0.1) is 24.0 Å². The number of guanidine groups is 1. The summed E-state index contributed by atoms with van der Waals surface area (Å²) in [5.41, 5.74) is 6.70. The second-order valence-corrected chi connectivity index (χ2v) is 5.04. The van der Waals surface area contributed by atoms with E-state index in [1.165, 1.54) is 0 Å². The molecule has 0 unspecified atom stereocenters. The van der Waals surface area contributed by atoms with E-state index in [0.717, 1.165) is 29.4 Å². The zero-order valence-electron chi connectivity index (χ0n) is 10.2. The van der Waals surface area contributed by atoms with Crippen LogP contribution in [-0.2, 0) is 6.54 Å². The van der Waals surface area contributed by atoms with Gasteiger partial charge in [0.25, 0.3) is 0 Å². The Labute approximate surface area is 139 Å². The average molecular weight is 447 g/mol. The van der Waals surface area contributed by atoms with Crippen LogP contribution in [0.1, 0.15) is 25.3 Å². The van der Waals surface area contributed by atoms with E-state index in [4.69, 9.17) is 17.3 Å². The number of benzene rings is 1. The lowest BCUT2D eigenvalue weighted by molar-refractivity contribution is 0.748. The molecule has 0 saturated heterocycles. The lowest BCUT2D eigenvalue weighted by Crippen LogP contribution is -2.32. The number of halogens is 3. The maximum absolute atomic E-state index is 6.08. The fourth-order valence-electron chi connectivity index (χ4n) is 1.27. The molecule has 1 aromatic rings. The Hall–Kier alpha value is -0.0100. The Balaban J connectivity index is 0.00000289. The molecule has 0 amide bonds. The molecule has 6 heteroatoms. The largest absolute Gasteiger partial charge is 0.370 e. The van der Waals surface area contributed by atoms with Crippen molar-refractivity contribution >= 4 is 57.5 Å². The SMILES string of the molecule is CCCCNC(N)=NCc1ccc(Br)cc1Cl.I. The normalized spacial score (nSPS) is 10.9. The first-order valence-corrected chi connectivity index (χ1v) is 6.78. The molecule has 3 nitrogen and oxygen atoms in total. The van der Waals surface area contributed by atoms with Gasteiger partial charge in [-0.05, 0) is 24.1 Å². The molecule has 0 aliphatic heterocycles. The highest BCUT2D eigenvalue weighted by molar-refractivity contribution is 14.0. The van der Waals surface area contributed by atoms with Crippen LogP contribution in [0.15, 0.2) is 27.7 Å². The number of unbranched alkanes of at least 4 members (excludes halogenated alkanes) is 1. The number of nitrogens with zero attached hydrogens (tertiary/aromatic N) is 1. The van der Waals surface area contributed by atoms with Crippen LogP contribution >= 0.6 is 51.5 Å². The summed E-state index contributed by atoms with van der Waals surface area (Å²) in [5, 5.41) is 3.76. The molecule has 3 N–H and O–H groups in total. The third-order valence-corrected chi connectivity index (χ3v) is 3.12. The maximum Gasteiger partial charge on any atom is 0.188 e. The molecule has 0 saturated carbocycles. The molecule has 18 heavy (non-hydrogen) atoms. The molecule has 0 bridgehead atoms. The van der Waals surface area contributed by atoms with Crippen LogP contribution in [0.5, 0.6) is 0 Å². The smallest absolute Gasteiger partial charge is 0.188 e. The third-order valence-electron chi connectivity index (χ3n) is 2.27. The first-order valence-electron chi connectivity index (χ1n) is 5.61. The highest BCUT2D eigenvalue weighted by Crippen LogP contribution is 2.21. The van der Waals surface area contributed by atoms with Crippen LogP contribution in [-0.4, -0.2) is 12.5 Å². The monoisotopic (exact) mass is 445 g/mol. The number of nitrogens with two attached hydrogens (primary N) is 1. The molecular weight excluding hydrogens is 428 g/mol. The maximum atomic E-state index is 6.08. The summed E-state index contributed by atoms with van der Waals surface area (Å²) >= 11 is 9.44. The Morgan fingerprint density at radius 2 is 2.22 bits per heavy atom. The molecule has 0 aliphatic rings. The molecule has 0 aliphatic carbocycles. The number of aliphatic imine (C=N–C) groups is 1. The molecule has 0 aromatic heterocycles. The molecule has 0 heterocycles. The van der Waals surface area contributed by atoms with Gasteiger partial charge in [-0.1, -0.05) is 46.9 Å². The molecule has 1 aromatic carbocycles. The van der Waals surface area contributed by atoms with E-state index in [-0.39, 0.29) is 24.0 Å². The molecular formula is C12H18BrClIN3. The molecule has 1 rings (SSSR count). The fourth-order valence-corrected chi connectivity index (χ4v) is 2.00.